The van der Waals surface area contributed by atoms with Gasteiger partial charge in [0.15, 0.2) is 6.61 Å². The van der Waals surface area contributed by atoms with Gasteiger partial charge in [-0.2, -0.15) is 0 Å². The number of carbonyl (C=O) groups excluding carboxylic acids is 1. The molecular weight excluding hydrogens is 318 g/mol. The lowest BCUT2D eigenvalue weighted by Gasteiger charge is -2.36. The third-order valence-corrected chi connectivity index (χ3v) is 4.02. The van der Waals surface area contributed by atoms with Crippen LogP contribution < -0.4 is 10.1 Å². The number of rotatable bonds is 6. The summed E-state index contributed by atoms with van der Waals surface area (Å²) in [4.78, 5) is 23.6. The van der Waals surface area contributed by atoms with E-state index in [1.807, 2.05) is 6.92 Å². The summed E-state index contributed by atoms with van der Waals surface area (Å²) in [6.45, 7) is 1.63. The lowest BCUT2D eigenvalue weighted by atomic mass is 9.78. The largest absolute Gasteiger partial charge is 0.484 e. The van der Waals surface area contributed by atoms with Gasteiger partial charge in [0, 0.05) is 5.02 Å². The van der Waals surface area contributed by atoms with Gasteiger partial charge in [-0.25, -0.2) is 0 Å². The summed E-state index contributed by atoms with van der Waals surface area (Å²) < 4.78 is 5.39. The van der Waals surface area contributed by atoms with Crippen molar-refractivity contribution in [2.75, 3.05) is 6.61 Å². The van der Waals surface area contributed by atoms with E-state index in [9.17, 15) is 14.7 Å². The molecule has 1 aliphatic carbocycles. The summed E-state index contributed by atoms with van der Waals surface area (Å²) in [6, 6.07) is 6.65. The summed E-state index contributed by atoms with van der Waals surface area (Å²) in [5, 5.41) is 12.7. The molecule has 2 atom stereocenters. The number of allylic oxidation sites excluding steroid dienone is 2. The summed E-state index contributed by atoms with van der Waals surface area (Å²) in [7, 11) is 0. The van der Waals surface area contributed by atoms with Crippen molar-refractivity contribution in [3.63, 3.8) is 0 Å². The maximum absolute atomic E-state index is 12.2. The molecule has 1 amide bonds. The van der Waals surface area contributed by atoms with Gasteiger partial charge in [-0.05, 0) is 30.7 Å². The van der Waals surface area contributed by atoms with Crippen LogP contribution >= 0.6 is 11.6 Å². The summed E-state index contributed by atoms with van der Waals surface area (Å²) in [6.07, 6.45) is 7.15. The molecule has 1 aromatic carbocycles. The van der Waals surface area contributed by atoms with Crippen LogP contribution in [-0.4, -0.2) is 29.1 Å². The van der Waals surface area contributed by atoms with E-state index >= 15 is 0 Å². The topological polar surface area (TPSA) is 75.6 Å². The third-order valence-electron chi connectivity index (χ3n) is 3.77. The number of nitrogens with one attached hydrogen (secondary N) is 1. The predicted octanol–water partition coefficient (Wildman–Crippen LogP) is 2.81. The molecular formula is C17H18ClNO4. The summed E-state index contributed by atoms with van der Waals surface area (Å²) in [5.74, 6) is -1.65. The van der Waals surface area contributed by atoms with Crippen LogP contribution in [0.25, 0.3) is 0 Å². The monoisotopic (exact) mass is 335 g/mol. The molecule has 1 aromatic rings. The fourth-order valence-corrected chi connectivity index (χ4v) is 2.63. The van der Waals surface area contributed by atoms with Gasteiger partial charge in [-0.1, -0.05) is 42.8 Å². The second kappa shape index (κ2) is 7.33. The van der Waals surface area contributed by atoms with Crippen LogP contribution in [0.3, 0.4) is 0 Å². The summed E-state index contributed by atoms with van der Waals surface area (Å²) in [5.41, 5.74) is -0.943. The van der Waals surface area contributed by atoms with Crippen molar-refractivity contribution in [3.8, 4) is 5.75 Å². The Labute approximate surface area is 139 Å². The zero-order chi connectivity index (χ0) is 16.9. The van der Waals surface area contributed by atoms with Gasteiger partial charge < -0.3 is 15.2 Å². The van der Waals surface area contributed by atoms with Crippen molar-refractivity contribution in [1.82, 2.24) is 5.32 Å². The smallest absolute Gasteiger partial charge is 0.313 e. The van der Waals surface area contributed by atoms with Crippen LogP contribution in [0.4, 0.5) is 0 Å². The minimum atomic E-state index is -0.980. The minimum Gasteiger partial charge on any atom is -0.484 e. The molecule has 1 aliphatic rings. The van der Waals surface area contributed by atoms with Gasteiger partial charge in [0.25, 0.3) is 5.91 Å². The van der Waals surface area contributed by atoms with Gasteiger partial charge in [-0.3, -0.25) is 9.59 Å². The van der Waals surface area contributed by atoms with Crippen LogP contribution in [0, 0.1) is 5.92 Å². The summed E-state index contributed by atoms with van der Waals surface area (Å²) >= 11 is 5.78. The number of amides is 1. The molecule has 0 aromatic heterocycles. The molecule has 122 valence electrons. The van der Waals surface area contributed by atoms with Gasteiger partial charge >= 0.3 is 5.97 Å². The Balaban J connectivity index is 2.01. The first kappa shape index (κ1) is 17.1. The number of carbonyl (C=O) groups is 2. The van der Waals surface area contributed by atoms with E-state index in [-0.39, 0.29) is 12.5 Å². The molecule has 5 nitrogen and oxygen atoms in total. The van der Waals surface area contributed by atoms with E-state index in [1.165, 1.54) is 0 Å². The molecule has 23 heavy (non-hydrogen) atoms. The number of hydrogen-bond donors (Lipinski definition) is 2. The number of halogens is 1. The Morgan fingerprint density at radius 3 is 2.61 bits per heavy atom. The maximum Gasteiger partial charge on any atom is 0.313 e. The highest BCUT2D eigenvalue weighted by molar-refractivity contribution is 6.30. The van der Waals surface area contributed by atoms with Crippen molar-refractivity contribution >= 4 is 23.5 Å². The number of carboxylic acid groups (broad SMARTS) is 1. The van der Waals surface area contributed by atoms with Crippen LogP contribution in [-0.2, 0) is 9.59 Å². The van der Waals surface area contributed by atoms with Gasteiger partial charge in [0.2, 0.25) is 0 Å². The SMILES string of the molecule is CCC1(NC(=O)COc2ccc(Cl)cc2)C=CC=CC1C(=O)O. The Bertz CT molecular complexity index is 638. The number of benzene rings is 1. The molecule has 0 saturated carbocycles. The zero-order valence-electron chi connectivity index (χ0n) is 12.7. The molecule has 2 N–H and O–H groups in total. The van der Waals surface area contributed by atoms with Crippen molar-refractivity contribution < 1.29 is 19.4 Å². The van der Waals surface area contributed by atoms with E-state index < -0.39 is 17.4 Å². The van der Waals surface area contributed by atoms with Crippen LogP contribution in [0.1, 0.15) is 13.3 Å². The molecule has 2 rings (SSSR count). The van der Waals surface area contributed by atoms with E-state index in [0.29, 0.717) is 17.2 Å². The van der Waals surface area contributed by atoms with Gasteiger partial charge in [-0.15, -0.1) is 0 Å². The normalized spacial score (nSPS) is 22.6. The number of ether oxygens (including phenoxy) is 1. The Kier molecular flexibility index (Phi) is 5.45. The molecule has 0 saturated heterocycles. The molecule has 0 aliphatic heterocycles. The second-order valence-corrected chi connectivity index (χ2v) is 5.68. The number of hydrogen-bond acceptors (Lipinski definition) is 3. The average molecular weight is 336 g/mol. The molecule has 0 radical (unpaired) electrons. The highest BCUT2D eigenvalue weighted by Gasteiger charge is 2.40. The van der Waals surface area contributed by atoms with Gasteiger partial charge in [0.05, 0.1) is 5.54 Å². The Hall–Kier alpha value is -2.27. The van der Waals surface area contributed by atoms with E-state index in [0.717, 1.165) is 0 Å². The highest BCUT2D eigenvalue weighted by atomic mass is 35.5. The Morgan fingerprint density at radius 2 is 2.00 bits per heavy atom. The maximum atomic E-state index is 12.2. The molecule has 2 unspecified atom stereocenters. The van der Waals surface area contributed by atoms with Crippen molar-refractivity contribution in [3.05, 3.63) is 53.6 Å². The fourth-order valence-electron chi connectivity index (χ4n) is 2.50. The quantitative estimate of drug-likeness (QED) is 0.838. The number of aliphatic carboxylic acids is 1. The molecule has 6 heteroatoms. The van der Waals surface area contributed by atoms with E-state index in [1.54, 1.807) is 48.6 Å². The first-order valence-electron chi connectivity index (χ1n) is 7.25. The second-order valence-electron chi connectivity index (χ2n) is 5.24. The lowest BCUT2D eigenvalue weighted by Crippen LogP contribution is -2.55. The van der Waals surface area contributed by atoms with E-state index in [2.05, 4.69) is 5.32 Å². The van der Waals surface area contributed by atoms with Crippen LogP contribution in [0.2, 0.25) is 5.02 Å². The fraction of sp³-hybridized carbons (Fsp3) is 0.294. The lowest BCUT2D eigenvalue weighted by molar-refractivity contribution is -0.142. The molecule has 0 heterocycles. The van der Waals surface area contributed by atoms with Gasteiger partial charge in [0.1, 0.15) is 11.7 Å². The van der Waals surface area contributed by atoms with Crippen molar-refractivity contribution in [2.45, 2.75) is 18.9 Å². The van der Waals surface area contributed by atoms with Crippen LogP contribution in [0.15, 0.2) is 48.6 Å². The first-order chi connectivity index (χ1) is 11.0. The minimum absolute atomic E-state index is 0.201. The molecule has 0 bridgehead atoms. The zero-order valence-corrected chi connectivity index (χ0v) is 13.4. The van der Waals surface area contributed by atoms with E-state index in [4.69, 9.17) is 16.3 Å². The third kappa shape index (κ3) is 4.13. The van der Waals surface area contributed by atoms with Crippen molar-refractivity contribution in [2.24, 2.45) is 5.92 Å². The van der Waals surface area contributed by atoms with Crippen LogP contribution in [0.5, 0.6) is 5.75 Å². The first-order valence-corrected chi connectivity index (χ1v) is 7.63. The van der Waals surface area contributed by atoms with Crippen molar-refractivity contribution in [1.29, 1.82) is 0 Å². The standard InChI is InChI=1S/C17H18ClNO4/c1-2-17(10-4-3-5-14(17)16(21)22)19-15(20)11-23-13-8-6-12(18)7-9-13/h3-10,14H,2,11H2,1H3,(H,19,20)(H,21,22). The average Bonchev–Trinajstić information content (AvgIpc) is 2.54. The molecule has 0 spiro atoms. The predicted molar refractivity (Wildman–Crippen MR) is 87.5 cm³/mol. The highest BCUT2D eigenvalue weighted by Crippen LogP contribution is 2.28. The molecule has 0 fully saturated rings. The number of carboxylic acids is 1. The Morgan fingerprint density at radius 1 is 1.30 bits per heavy atom.